The first-order valence-electron chi connectivity index (χ1n) is 2.65. The van der Waals surface area contributed by atoms with Crippen molar-refractivity contribution in [2.75, 3.05) is 0 Å². The van der Waals surface area contributed by atoms with E-state index in [4.69, 9.17) is 0 Å². The molecule has 0 atom stereocenters. The SMILES string of the molecule is C1=CC1.C1CC1. The van der Waals surface area contributed by atoms with E-state index in [-0.39, 0.29) is 0 Å². The second kappa shape index (κ2) is 2.01. The smallest absolute Gasteiger partial charge is 0.0169 e. The topological polar surface area (TPSA) is 0 Å². The van der Waals surface area contributed by atoms with E-state index < -0.39 is 0 Å². The zero-order chi connectivity index (χ0) is 4.24. The molecule has 34 valence electrons. The van der Waals surface area contributed by atoms with Crippen LogP contribution in [0.15, 0.2) is 12.2 Å². The Bertz CT molecular complexity index is 44.3. The maximum absolute atomic E-state index is 2.12. The summed E-state index contributed by atoms with van der Waals surface area (Å²) >= 11 is 0. The van der Waals surface area contributed by atoms with Crippen molar-refractivity contribution in [2.45, 2.75) is 25.7 Å². The van der Waals surface area contributed by atoms with Crippen LogP contribution in [0.5, 0.6) is 0 Å². The lowest BCUT2D eigenvalue weighted by atomic mass is 10.9. The van der Waals surface area contributed by atoms with E-state index in [1.54, 1.807) is 0 Å². The Labute approximate surface area is 38.9 Å². The molecule has 0 nitrogen and oxygen atoms in total. The minimum Gasteiger partial charge on any atom is -0.0844 e. The third-order valence-corrected chi connectivity index (χ3v) is 0.589. The van der Waals surface area contributed by atoms with Crippen molar-refractivity contribution in [1.29, 1.82) is 0 Å². The van der Waals surface area contributed by atoms with E-state index >= 15 is 0 Å². The zero-order valence-corrected chi connectivity index (χ0v) is 3.98. The van der Waals surface area contributed by atoms with Crippen LogP contribution in [0, 0.1) is 0 Å². The second-order valence-corrected chi connectivity index (χ2v) is 1.77. The van der Waals surface area contributed by atoms with Gasteiger partial charge in [-0.25, -0.2) is 0 Å². The van der Waals surface area contributed by atoms with Gasteiger partial charge in [0.2, 0.25) is 0 Å². The lowest BCUT2D eigenvalue weighted by Gasteiger charge is -1.15. The number of allylic oxidation sites excluding steroid dienone is 2. The van der Waals surface area contributed by atoms with Gasteiger partial charge >= 0.3 is 0 Å². The van der Waals surface area contributed by atoms with Crippen LogP contribution < -0.4 is 0 Å². The highest BCUT2D eigenvalue weighted by Gasteiger charge is 1.95. The number of hydrogen-bond acceptors (Lipinski definition) is 0. The molecule has 0 heteroatoms. The van der Waals surface area contributed by atoms with Crippen molar-refractivity contribution in [2.24, 2.45) is 0 Å². The van der Waals surface area contributed by atoms with E-state index in [1.807, 2.05) is 0 Å². The molecule has 0 amide bonds. The van der Waals surface area contributed by atoms with Gasteiger partial charge in [0, 0.05) is 0 Å². The summed E-state index contributed by atoms with van der Waals surface area (Å²) in [6, 6.07) is 0. The third kappa shape index (κ3) is 9.27. The molecule has 1 saturated carbocycles. The van der Waals surface area contributed by atoms with Gasteiger partial charge in [-0.2, -0.15) is 0 Å². The van der Waals surface area contributed by atoms with Crippen molar-refractivity contribution in [1.82, 2.24) is 0 Å². The molecule has 6 heavy (non-hydrogen) atoms. The molecule has 0 aromatic heterocycles. The van der Waals surface area contributed by atoms with Crippen LogP contribution in [0.4, 0.5) is 0 Å². The molecule has 0 saturated heterocycles. The van der Waals surface area contributed by atoms with Crippen LogP contribution in [0.25, 0.3) is 0 Å². The molecule has 0 aliphatic heterocycles. The van der Waals surface area contributed by atoms with Crippen LogP contribution in [0.1, 0.15) is 25.7 Å². The number of rotatable bonds is 0. The Balaban J connectivity index is 0.0000000600. The summed E-state index contributed by atoms with van der Waals surface area (Å²) in [5.41, 5.74) is 0. The third-order valence-electron chi connectivity index (χ3n) is 0.589. The van der Waals surface area contributed by atoms with E-state index in [9.17, 15) is 0 Å². The van der Waals surface area contributed by atoms with Crippen molar-refractivity contribution in [3.63, 3.8) is 0 Å². The van der Waals surface area contributed by atoms with Gasteiger partial charge < -0.3 is 0 Å². The van der Waals surface area contributed by atoms with Crippen LogP contribution in [0.3, 0.4) is 0 Å². The van der Waals surface area contributed by atoms with Crippen molar-refractivity contribution >= 4 is 0 Å². The Hall–Kier alpha value is -0.260. The van der Waals surface area contributed by atoms with Crippen LogP contribution >= 0.6 is 0 Å². The first-order chi connectivity index (χ1) is 3.00. The molecule has 0 aromatic carbocycles. The fraction of sp³-hybridized carbons (Fsp3) is 0.667. The molecule has 0 radical (unpaired) electrons. The van der Waals surface area contributed by atoms with Gasteiger partial charge in [-0.15, -0.1) is 0 Å². The predicted octanol–water partition coefficient (Wildman–Crippen LogP) is 2.12. The monoisotopic (exact) mass is 82.1 g/mol. The number of hydrogen-bond donors (Lipinski definition) is 0. The molecule has 0 spiro atoms. The molecule has 0 bridgehead atoms. The van der Waals surface area contributed by atoms with Gasteiger partial charge in [0.1, 0.15) is 0 Å². The summed E-state index contributed by atoms with van der Waals surface area (Å²) < 4.78 is 0. The largest absolute Gasteiger partial charge is 0.0844 e. The fourth-order valence-corrected chi connectivity index (χ4v) is 0. The summed E-state index contributed by atoms with van der Waals surface area (Å²) in [6.45, 7) is 0. The normalized spacial score (nSPS) is 21.3. The summed E-state index contributed by atoms with van der Waals surface area (Å²) in [4.78, 5) is 0. The molecule has 0 N–H and O–H groups in total. The highest BCUT2D eigenvalue weighted by Crippen LogP contribution is 2.14. The molecule has 2 aliphatic carbocycles. The Morgan fingerprint density at radius 3 is 1.17 bits per heavy atom. The van der Waals surface area contributed by atoms with E-state index in [2.05, 4.69) is 12.2 Å². The molecular formula is C6H10. The zero-order valence-electron chi connectivity index (χ0n) is 3.98. The van der Waals surface area contributed by atoms with Gasteiger partial charge in [-0.05, 0) is 6.42 Å². The quantitative estimate of drug-likeness (QED) is 0.393. The summed E-state index contributed by atoms with van der Waals surface area (Å²) in [5, 5.41) is 0. The highest BCUT2D eigenvalue weighted by molar-refractivity contribution is 5.02. The summed E-state index contributed by atoms with van der Waals surface area (Å²) in [5.74, 6) is 0. The fourth-order valence-electron chi connectivity index (χ4n) is 0. The first kappa shape index (κ1) is 3.91. The standard InChI is InChI=1S/C3H6.C3H4/c2*1-2-3-1/h1-3H2;1-2H,3H2. The maximum atomic E-state index is 2.12. The molecule has 1 fully saturated rings. The van der Waals surface area contributed by atoms with Gasteiger partial charge in [0.05, 0.1) is 0 Å². The van der Waals surface area contributed by atoms with Crippen molar-refractivity contribution in [3.8, 4) is 0 Å². The van der Waals surface area contributed by atoms with Crippen LogP contribution in [-0.4, -0.2) is 0 Å². The average Bonchev–Trinajstić information content (AvgIpc) is 2.31. The van der Waals surface area contributed by atoms with E-state index in [0.29, 0.717) is 0 Å². The molecule has 0 aromatic rings. The molecular weight excluding hydrogens is 72.1 g/mol. The summed E-state index contributed by atoms with van der Waals surface area (Å²) in [6.07, 6.45) is 10.0. The Kier molecular flexibility index (Phi) is 1.31. The van der Waals surface area contributed by atoms with Crippen LogP contribution in [0.2, 0.25) is 0 Å². The Morgan fingerprint density at radius 1 is 0.833 bits per heavy atom. The van der Waals surface area contributed by atoms with Gasteiger partial charge in [0.25, 0.3) is 0 Å². The minimum atomic E-state index is 1.25. The van der Waals surface area contributed by atoms with E-state index in [0.717, 1.165) is 0 Å². The highest BCUT2D eigenvalue weighted by atomic mass is 14.0. The molecule has 0 unspecified atom stereocenters. The van der Waals surface area contributed by atoms with Crippen molar-refractivity contribution in [3.05, 3.63) is 12.2 Å². The van der Waals surface area contributed by atoms with Gasteiger partial charge in [-0.3, -0.25) is 0 Å². The van der Waals surface area contributed by atoms with Crippen LogP contribution in [-0.2, 0) is 0 Å². The van der Waals surface area contributed by atoms with Gasteiger partial charge in [0.15, 0.2) is 0 Å². The Morgan fingerprint density at radius 2 is 1.17 bits per heavy atom. The minimum absolute atomic E-state index is 1.25. The second-order valence-electron chi connectivity index (χ2n) is 1.77. The van der Waals surface area contributed by atoms with Gasteiger partial charge in [-0.1, -0.05) is 31.4 Å². The predicted molar refractivity (Wildman–Crippen MR) is 27.6 cm³/mol. The molecule has 0 heterocycles. The summed E-state index contributed by atoms with van der Waals surface area (Å²) in [7, 11) is 0. The lowest BCUT2D eigenvalue weighted by molar-refractivity contribution is 1.50. The first-order valence-corrected chi connectivity index (χ1v) is 2.65. The lowest BCUT2D eigenvalue weighted by Crippen LogP contribution is -0.956. The maximum Gasteiger partial charge on any atom is -0.0169 e. The van der Waals surface area contributed by atoms with Crippen molar-refractivity contribution < 1.29 is 0 Å². The average molecular weight is 82.1 g/mol. The molecule has 2 aliphatic rings. The van der Waals surface area contributed by atoms with E-state index in [1.165, 1.54) is 25.7 Å². The molecule has 2 rings (SSSR count).